The molecule has 1 heterocycles. The van der Waals surface area contributed by atoms with E-state index in [0.717, 1.165) is 15.9 Å². The summed E-state index contributed by atoms with van der Waals surface area (Å²) in [5, 5.41) is 4.38. The minimum Gasteiger partial charge on any atom is -0.351 e. The van der Waals surface area contributed by atoms with E-state index in [9.17, 15) is 4.79 Å². The maximum absolute atomic E-state index is 10.8. The summed E-state index contributed by atoms with van der Waals surface area (Å²) in [4.78, 5) is 19.4. The van der Waals surface area contributed by atoms with Gasteiger partial charge in [0.05, 0.1) is 12.2 Å². The van der Waals surface area contributed by atoms with Crippen molar-refractivity contribution in [1.29, 1.82) is 0 Å². The Kier molecular flexibility index (Phi) is 4.90. The molecule has 0 fully saturated rings. The number of carbonyl (C=O) groups excluding carboxylic acids is 1. The van der Waals surface area contributed by atoms with Crippen molar-refractivity contribution in [3.8, 4) is 0 Å². The Morgan fingerprint density at radius 2 is 2.13 bits per heavy atom. The van der Waals surface area contributed by atoms with Gasteiger partial charge in [-0.05, 0) is 18.6 Å². The molecule has 6 heteroatoms. The quantitative estimate of drug-likeness (QED) is 0.494. The highest BCUT2D eigenvalue weighted by Gasteiger charge is 2.03. The summed E-state index contributed by atoms with van der Waals surface area (Å²) in [6.07, 6.45) is 3.90. The summed E-state index contributed by atoms with van der Waals surface area (Å²) in [5.41, 5.74) is 0.842. The van der Waals surface area contributed by atoms with Crippen LogP contribution >= 0.6 is 23.5 Å². The Labute approximate surface area is 97.7 Å². The Balaban J connectivity index is 2.81. The van der Waals surface area contributed by atoms with Crippen LogP contribution in [0.5, 0.6) is 0 Å². The molecule has 0 unspecified atom stereocenters. The molecule has 0 spiro atoms. The van der Waals surface area contributed by atoms with Gasteiger partial charge in [-0.3, -0.25) is 4.79 Å². The second kappa shape index (κ2) is 5.97. The van der Waals surface area contributed by atoms with Crippen LogP contribution in [0.1, 0.15) is 12.6 Å². The molecule has 1 aromatic rings. The third-order valence-corrected chi connectivity index (χ3v) is 2.82. The largest absolute Gasteiger partial charge is 0.351 e. The molecule has 0 bridgehead atoms. The summed E-state index contributed by atoms with van der Waals surface area (Å²) in [5.74, 6) is -0.0509. The van der Waals surface area contributed by atoms with Crippen molar-refractivity contribution in [3.05, 3.63) is 11.8 Å². The predicted octanol–water partition coefficient (Wildman–Crippen LogP) is 1.56. The number of carbonyl (C=O) groups is 1. The van der Waals surface area contributed by atoms with Gasteiger partial charge in [-0.15, -0.1) is 11.8 Å². The molecule has 0 aromatic carbocycles. The van der Waals surface area contributed by atoms with Gasteiger partial charge in [-0.25, -0.2) is 9.97 Å². The van der Waals surface area contributed by atoms with Gasteiger partial charge < -0.3 is 5.32 Å². The van der Waals surface area contributed by atoms with E-state index in [0.29, 0.717) is 6.54 Å². The van der Waals surface area contributed by atoms with Gasteiger partial charge in [0, 0.05) is 6.92 Å². The molecule has 0 saturated heterocycles. The topological polar surface area (TPSA) is 54.9 Å². The molecule has 1 N–H and O–H groups in total. The van der Waals surface area contributed by atoms with Gasteiger partial charge in [0.25, 0.3) is 0 Å². The molecule has 0 aliphatic carbocycles. The van der Waals surface area contributed by atoms with Gasteiger partial charge in [0.1, 0.15) is 5.03 Å². The molecular weight excluding hydrogens is 230 g/mol. The number of hydrogen-bond donors (Lipinski definition) is 1. The smallest absolute Gasteiger partial charge is 0.217 e. The highest BCUT2D eigenvalue weighted by molar-refractivity contribution is 7.99. The number of hydrogen-bond acceptors (Lipinski definition) is 5. The first-order chi connectivity index (χ1) is 7.15. The first kappa shape index (κ1) is 12.3. The molecule has 0 radical (unpaired) electrons. The zero-order valence-corrected chi connectivity index (χ0v) is 10.5. The van der Waals surface area contributed by atoms with E-state index >= 15 is 0 Å². The van der Waals surface area contributed by atoms with Crippen LogP contribution in [0.25, 0.3) is 0 Å². The van der Waals surface area contributed by atoms with Gasteiger partial charge in [-0.2, -0.15) is 0 Å². The van der Waals surface area contributed by atoms with Crippen LogP contribution in [-0.2, 0) is 11.3 Å². The van der Waals surface area contributed by atoms with Gasteiger partial charge in [0.15, 0.2) is 5.16 Å². The van der Waals surface area contributed by atoms with E-state index in [1.807, 2.05) is 18.6 Å². The summed E-state index contributed by atoms with van der Waals surface area (Å²) in [6, 6.07) is 1.89. The Hall–Kier alpha value is -0.750. The number of nitrogens with zero attached hydrogens (tertiary/aromatic N) is 2. The van der Waals surface area contributed by atoms with Crippen LogP contribution in [0, 0.1) is 0 Å². The van der Waals surface area contributed by atoms with Crippen molar-refractivity contribution in [2.24, 2.45) is 0 Å². The highest BCUT2D eigenvalue weighted by atomic mass is 32.2. The van der Waals surface area contributed by atoms with Crippen LogP contribution < -0.4 is 5.32 Å². The molecular formula is C9H13N3OS2. The number of aromatic nitrogens is 2. The SMILES string of the molecule is CSc1cc(CNC(C)=O)nc(SC)n1. The Morgan fingerprint density at radius 1 is 1.40 bits per heavy atom. The number of rotatable bonds is 4. The Bertz CT molecular complexity index is 335. The van der Waals surface area contributed by atoms with Crippen molar-refractivity contribution in [3.63, 3.8) is 0 Å². The van der Waals surface area contributed by atoms with E-state index in [-0.39, 0.29) is 5.91 Å². The third-order valence-electron chi connectivity index (χ3n) is 1.65. The van der Waals surface area contributed by atoms with Crippen molar-refractivity contribution in [2.45, 2.75) is 23.7 Å². The zero-order chi connectivity index (χ0) is 11.3. The van der Waals surface area contributed by atoms with Gasteiger partial charge in [-0.1, -0.05) is 11.8 Å². The first-order valence-corrected chi connectivity index (χ1v) is 6.81. The molecule has 0 saturated carbocycles. The molecule has 0 atom stereocenters. The van der Waals surface area contributed by atoms with Crippen molar-refractivity contribution in [2.75, 3.05) is 12.5 Å². The predicted molar refractivity (Wildman–Crippen MR) is 63.1 cm³/mol. The number of nitrogens with one attached hydrogen (secondary N) is 1. The lowest BCUT2D eigenvalue weighted by Gasteiger charge is -2.05. The summed E-state index contributed by atoms with van der Waals surface area (Å²) >= 11 is 3.07. The minimum atomic E-state index is -0.0509. The molecule has 1 aromatic heterocycles. The van der Waals surface area contributed by atoms with E-state index in [2.05, 4.69) is 15.3 Å². The van der Waals surface area contributed by atoms with Gasteiger partial charge >= 0.3 is 0 Å². The highest BCUT2D eigenvalue weighted by Crippen LogP contribution is 2.17. The van der Waals surface area contributed by atoms with E-state index < -0.39 is 0 Å². The van der Waals surface area contributed by atoms with Crippen LogP contribution in [0.3, 0.4) is 0 Å². The molecule has 0 aliphatic rings. The lowest BCUT2D eigenvalue weighted by Crippen LogP contribution is -2.19. The molecule has 15 heavy (non-hydrogen) atoms. The summed E-state index contributed by atoms with van der Waals surface area (Å²) in [7, 11) is 0. The normalized spacial score (nSPS) is 10.1. The second-order valence-electron chi connectivity index (χ2n) is 2.80. The number of thioether (sulfide) groups is 2. The minimum absolute atomic E-state index is 0.0509. The molecule has 0 aliphatic heterocycles. The molecule has 82 valence electrons. The van der Waals surface area contributed by atoms with E-state index in [1.165, 1.54) is 18.7 Å². The number of amides is 1. The van der Waals surface area contributed by atoms with Crippen LogP contribution in [0.4, 0.5) is 0 Å². The molecule has 4 nitrogen and oxygen atoms in total. The van der Waals surface area contributed by atoms with Crippen molar-refractivity contribution in [1.82, 2.24) is 15.3 Å². The zero-order valence-electron chi connectivity index (χ0n) is 8.90. The molecule has 1 amide bonds. The van der Waals surface area contributed by atoms with Crippen LogP contribution in [-0.4, -0.2) is 28.4 Å². The van der Waals surface area contributed by atoms with Crippen molar-refractivity contribution < 1.29 is 4.79 Å². The third kappa shape index (κ3) is 4.09. The van der Waals surface area contributed by atoms with E-state index in [1.54, 1.807) is 11.8 Å². The molecule has 1 rings (SSSR count). The van der Waals surface area contributed by atoms with Crippen LogP contribution in [0.2, 0.25) is 0 Å². The fourth-order valence-electron chi connectivity index (χ4n) is 0.951. The summed E-state index contributed by atoms with van der Waals surface area (Å²) < 4.78 is 0. The lowest BCUT2D eigenvalue weighted by molar-refractivity contribution is -0.119. The fourth-order valence-corrected chi connectivity index (χ4v) is 1.84. The lowest BCUT2D eigenvalue weighted by atomic mass is 10.4. The van der Waals surface area contributed by atoms with E-state index in [4.69, 9.17) is 0 Å². The fraction of sp³-hybridized carbons (Fsp3) is 0.444. The average molecular weight is 243 g/mol. The average Bonchev–Trinajstić information content (AvgIpc) is 2.25. The Morgan fingerprint density at radius 3 is 2.67 bits per heavy atom. The first-order valence-electron chi connectivity index (χ1n) is 4.36. The standard InChI is InChI=1S/C9H13N3OS2/c1-6(13)10-5-7-4-8(14-2)12-9(11-7)15-3/h4H,5H2,1-3H3,(H,10,13). The second-order valence-corrected chi connectivity index (χ2v) is 4.40. The monoisotopic (exact) mass is 243 g/mol. The van der Waals surface area contributed by atoms with Gasteiger partial charge in [0.2, 0.25) is 5.91 Å². The summed E-state index contributed by atoms with van der Waals surface area (Å²) in [6.45, 7) is 1.95. The van der Waals surface area contributed by atoms with Crippen LogP contribution in [0.15, 0.2) is 16.2 Å². The maximum Gasteiger partial charge on any atom is 0.217 e. The van der Waals surface area contributed by atoms with Crippen molar-refractivity contribution >= 4 is 29.4 Å². The maximum atomic E-state index is 10.8.